The lowest BCUT2D eigenvalue weighted by Crippen LogP contribution is -2.41. The number of H-pyrrole nitrogens is 1. The van der Waals surface area contributed by atoms with Gasteiger partial charge in [-0.25, -0.2) is 9.37 Å². The van der Waals surface area contributed by atoms with Crippen molar-refractivity contribution in [1.82, 2.24) is 14.9 Å². The van der Waals surface area contributed by atoms with Gasteiger partial charge in [-0.15, -0.1) is 0 Å². The summed E-state index contributed by atoms with van der Waals surface area (Å²) in [5.41, 5.74) is 2.40. The summed E-state index contributed by atoms with van der Waals surface area (Å²) in [5, 5.41) is 0. The first kappa shape index (κ1) is 16.6. The van der Waals surface area contributed by atoms with E-state index in [1.807, 2.05) is 30.0 Å². The molecule has 0 aliphatic carbocycles. The normalized spacial score (nSPS) is 15.4. The van der Waals surface area contributed by atoms with Crippen LogP contribution in [0.4, 0.5) is 4.39 Å². The Balaban J connectivity index is 1.38. The van der Waals surface area contributed by atoms with Crippen LogP contribution in [0.5, 0.6) is 5.75 Å². The molecule has 1 amide bonds. The number of hydrogen-bond donors (Lipinski definition) is 1. The molecule has 0 unspecified atom stereocenters. The smallest absolute Gasteiger partial charge is 0.253 e. The molecular weight excluding hydrogens is 333 g/mol. The first-order valence-electron chi connectivity index (χ1n) is 8.76. The number of fused-ring (bicyclic) bond motifs is 1. The molecule has 0 saturated carbocycles. The predicted octanol–water partition coefficient (Wildman–Crippen LogP) is 3.69. The summed E-state index contributed by atoms with van der Waals surface area (Å²) in [5.74, 6) is 1.24. The molecule has 1 aliphatic heterocycles. The first-order valence-corrected chi connectivity index (χ1v) is 8.76. The van der Waals surface area contributed by atoms with Gasteiger partial charge >= 0.3 is 0 Å². The molecule has 1 aliphatic rings. The number of likely N-dealkylation sites (tertiary alicyclic amines) is 1. The van der Waals surface area contributed by atoms with Crippen molar-refractivity contribution in [2.75, 3.05) is 13.1 Å². The maximum Gasteiger partial charge on any atom is 0.253 e. The van der Waals surface area contributed by atoms with Crippen molar-refractivity contribution in [2.24, 2.45) is 0 Å². The van der Waals surface area contributed by atoms with Crippen molar-refractivity contribution < 1.29 is 13.9 Å². The van der Waals surface area contributed by atoms with E-state index in [2.05, 4.69) is 9.97 Å². The van der Waals surface area contributed by atoms with Crippen LogP contribution in [0.2, 0.25) is 0 Å². The number of benzene rings is 2. The number of aromatic nitrogens is 2. The van der Waals surface area contributed by atoms with Gasteiger partial charge in [0.15, 0.2) is 0 Å². The maximum atomic E-state index is 13.0. The summed E-state index contributed by atoms with van der Waals surface area (Å²) in [7, 11) is 0. The SMILES string of the molecule is Cc1nc2cc(C(=O)N3CCC(Oc4ccc(F)cc4)CC3)ccc2[nH]1. The van der Waals surface area contributed by atoms with Gasteiger partial charge in [0.1, 0.15) is 23.5 Å². The lowest BCUT2D eigenvalue weighted by Gasteiger charge is -2.32. The van der Waals surface area contributed by atoms with Crippen molar-refractivity contribution in [3.05, 3.63) is 59.7 Å². The molecule has 3 aromatic rings. The van der Waals surface area contributed by atoms with E-state index >= 15 is 0 Å². The van der Waals surface area contributed by atoms with Crippen LogP contribution < -0.4 is 4.74 Å². The summed E-state index contributed by atoms with van der Waals surface area (Å²) in [6.07, 6.45) is 1.56. The Morgan fingerprint density at radius 2 is 1.92 bits per heavy atom. The minimum Gasteiger partial charge on any atom is -0.490 e. The fraction of sp³-hybridized carbons (Fsp3) is 0.300. The third-order valence-corrected chi connectivity index (χ3v) is 4.69. The Labute approximate surface area is 150 Å². The van der Waals surface area contributed by atoms with Gasteiger partial charge in [0.2, 0.25) is 0 Å². The number of hydrogen-bond acceptors (Lipinski definition) is 3. The molecule has 0 bridgehead atoms. The molecular formula is C20H20FN3O2. The number of aryl methyl sites for hydroxylation is 1. The zero-order valence-electron chi connectivity index (χ0n) is 14.5. The fourth-order valence-corrected chi connectivity index (χ4v) is 3.33. The van der Waals surface area contributed by atoms with Gasteiger partial charge in [-0.3, -0.25) is 4.79 Å². The largest absolute Gasteiger partial charge is 0.490 e. The minimum atomic E-state index is -0.276. The number of imidazole rings is 1. The van der Waals surface area contributed by atoms with Crippen molar-refractivity contribution in [1.29, 1.82) is 0 Å². The van der Waals surface area contributed by atoms with E-state index in [0.29, 0.717) is 24.4 Å². The number of aromatic amines is 1. The highest BCUT2D eigenvalue weighted by Gasteiger charge is 2.25. The second-order valence-corrected chi connectivity index (χ2v) is 6.62. The van der Waals surface area contributed by atoms with Crippen LogP contribution in [-0.4, -0.2) is 40.0 Å². The number of nitrogens with one attached hydrogen (secondary N) is 1. The molecule has 1 fully saturated rings. The number of carbonyl (C=O) groups excluding carboxylic acids is 1. The van der Waals surface area contributed by atoms with E-state index in [-0.39, 0.29) is 17.8 Å². The molecule has 1 saturated heterocycles. The van der Waals surface area contributed by atoms with Gasteiger partial charge in [0.05, 0.1) is 11.0 Å². The van der Waals surface area contributed by atoms with Crippen LogP contribution in [-0.2, 0) is 0 Å². The quantitative estimate of drug-likeness (QED) is 0.781. The Kier molecular flexibility index (Phi) is 4.32. The van der Waals surface area contributed by atoms with Crippen LogP contribution in [0.25, 0.3) is 11.0 Å². The summed E-state index contributed by atoms with van der Waals surface area (Å²) in [6.45, 7) is 3.18. The van der Waals surface area contributed by atoms with Gasteiger partial charge in [-0.05, 0) is 49.4 Å². The monoisotopic (exact) mass is 353 g/mol. The zero-order chi connectivity index (χ0) is 18.1. The molecule has 5 nitrogen and oxygen atoms in total. The van der Waals surface area contributed by atoms with Gasteiger partial charge < -0.3 is 14.6 Å². The molecule has 1 N–H and O–H groups in total. The van der Waals surface area contributed by atoms with E-state index in [1.54, 1.807) is 12.1 Å². The Morgan fingerprint density at radius 3 is 2.65 bits per heavy atom. The zero-order valence-corrected chi connectivity index (χ0v) is 14.5. The van der Waals surface area contributed by atoms with E-state index < -0.39 is 0 Å². The topological polar surface area (TPSA) is 58.2 Å². The summed E-state index contributed by atoms with van der Waals surface area (Å²) >= 11 is 0. The average Bonchev–Trinajstić information content (AvgIpc) is 3.03. The standard InChI is InChI=1S/C20H20FN3O2/c1-13-22-18-7-2-14(12-19(18)23-13)20(25)24-10-8-17(9-11-24)26-16-5-3-15(21)4-6-16/h2-7,12,17H,8-11H2,1H3,(H,22,23). The van der Waals surface area contributed by atoms with Crippen LogP contribution >= 0.6 is 0 Å². The number of halogens is 1. The second kappa shape index (κ2) is 6.78. The molecule has 2 aromatic carbocycles. The Morgan fingerprint density at radius 1 is 1.19 bits per heavy atom. The number of amides is 1. The number of ether oxygens (including phenoxy) is 1. The highest BCUT2D eigenvalue weighted by molar-refractivity contribution is 5.97. The van der Waals surface area contributed by atoms with Gasteiger partial charge in [0.25, 0.3) is 5.91 Å². The summed E-state index contributed by atoms with van der Waals surface area (Å²) in [6, 6.07) is 11.6. The number of rotatable bonds is 3. The Hall–Kier alpha value is -2.89. The van der Waals surface area contributed by atoms with E-state index in [1.165, 1.54) is 12.1 Å². The summed E-state index contributed by atoms with van der Waals surface area (Å²) in [4.78, 5) is 22.2. The number of piperidine rings is 1. The molecule has 26 heavy (non-hydrogen) atoms. The molecule has 6 heteroatoms. The van der Waals surface area contributed by atoms with Crippen molar-refractivity contribution in [3.8, 4) is 5.75 Å². The van der Waals surface area contributed by atoms with Crippen LogP contribution in [0.1, 0.15) is 29.0 Å². The van der Waals surface area contributed by atoms with Crippen molar-refractivity contribution >= 4 is 16.9 Å². The molecule has 0 spiro atoms. The third-order valence-electron chi connectivity index (χ3n) is 4.69. The second-order valence-electron chi connectivity index (χ2n) is 6.62. The molecule has 0 atom stereocenters. The minimum absolute atomic E-state index is 0.0211. The molecule has 2 heterocycles. The van der Waals surface area contributed by atoms with Crippen LogP contribution in [0.3, 0.4) is 0 Å². The number of nitrogens with zero attached hydrogens (tertiary/aromatic N) is 2. The highest BCUT2D eigenvalue weighted by atomic mass is 19.1. The third kappa shape index (κ3) is 3.40. The highest BCUT2D eigenvalue weighted by Crippen LogP contribution is 2.21. The summed E-state index contributed by atoms with van der Waals surface area (Å²) < 4.78 is 18.8. The molecule has 4 rings (SSSR count). The van der Waals surface area contributed by atoms with E-state index in [4.69, 9.17) is 4.74 Å². The predicted molar refractivity (Wildman–Crippen MR) is 96.8 cm³/mol. The molecule has 0 radical (unpaired) electrons. The van der Waals surface area contributed by atoms with Crippen molar-refractivity contribution in [2.45, 2.75) is 25.9 Å². The van der Waals surface area contributed by atoms with Gasteiger partial charge in [-0.1, -0.05) is 0 Å². The van der Waals surface area contributed by atoms with Crippen LogP contribution in [0, 0.1) is 12.7 Å². The van der Waals surface area contributed by atoms with Crippen LogP contribution in [0.15, 0.2) is 42.5 Å². The van der Waals surface area contributed by atoms with E-state index in [0.717, 1.165) is 29.7 Å². The average molecular weight is 353 g/mol. The first-order chi connectivity index (χ1) is 12.6. The lowest BCUT2D eigenvalue weighted by molar-refractivity contribution is 0.0595. The van der Waals surface area contributed by atoms with Gasteiger partial charge in [0, 0.05) is 31.5 Å². The Bertz CT molecular complexity index is 928. The maximum absolute atomic E-state index is 13.0. The molecule has 1 aromatic heterocycles. The van der Waals surface area contributed by atoms with Gasteiger partial charge in [-0.2, -0.15) is 0 Å². The number of carbonyl (C=O) groups is 1. The van der Waals surface area contributed by atoms with Crippen molar-refractivity contribution in [3.63, 3.8) is 0 Å². The lowest BCUT2D eigenvalue weighted by atomic mass is 10.1. The molecule has 134 valence electrons. The fourth-order valence-electron chi connectivity index (χ4n) is 3.33. The van der Waals surface area contributed by atoms with E-state index in [9.17, 15) is 9.18 Å².